The first-order valence-electron chi connectivity index (χ1n) is 3.15. The van der Waals surface area contributed by atoms with E-state index in [9.17, 15) is 9.59 Å². The lowest BCUT2D eigenvalue weighted by Gasteiger charge is -2.18. The number of amides is 1. The van der Waals surface area contributed by atoms with Gasteiger partial charge in [0.15, 0.2) is 0 Å². The van der Waals surface area contributed by atoms with Gasteiger partial charge in [0, 0.05) is 7.05 Å². The summed E-state index contributed by atoms with van der Waals surface area (Å²) in [6.07, 6.45) is 1.35. The molecule has 4 nitrogen and oxygen atoms in total. The van der Waals surface area contributed by atoms with Crippen LogP contribution < -0.4 is 0 Å². The van der Waals surface area contributed by atoms with Crippen LogP contribution in [0.3, 0.4) is 0 Å². The van der Waals surface area contributed by atoms with Crippen LogP contribution in [0.25, 0.3) is 0 Å². The minimum atomic E-state index is -1.11. The molecule has 0 fully saturated rings. The third-order valence-corrected chi connectivity index (χ3v) is 1.36. The average molecular weight is 157 g/mol. The molecule has 0 aliphatic carbocycles. The van der Waals surface area contributed by atoms with Gasteiger partial charge in [0.1, 0.15) is 6.29 Å². The van der Waals surface area contributed by atoms with Crippen molar-refractivity contribution in [2.45, 2.75) is 12.5 Å². The molecular formula is C7H11NO3. The number of aldehydes is 1. The van der Waals surface area contributed by atoms with Crippen LogP contribution in [0.2, 0.25) is 0 Å². The zero-order valence-electron chi connectivity index (χ0n) is 6.36. The Labute approximate surface area is 65.1 Å². The van der Waals surface area contributed by atoms with Gasteiger partial charge in [-0.3, -0.25) is 0 Å². The Morgan fingerprint density at radius 2 is 2.36 bits per heavy atom. The normalized spacial score (nSPS) is 11.7. The number of rotatable bonds is 4. The van der Waals surface area contributed by atoms with Gasteiger partial charge in [-0.1, -0.05) is 6.08 Å². The highest BCUT2D eigenvalue weighted by Crippen LogP contribution is 1.99. The Balaban J connectivity index is 4.11. The van der Waals surface area contributed by atoms with Crippen molar-refractivity contribution in [1.82, 2.24) is 4.90 Å². The van der Waals surface area contributed by atoms with Crippen LogP contribution in [0.15, 0.2) is 12.7 Å². The topological polar surface area (TPSA) is 57.6 Å². The highest BCUT2D eigenvalue weighted by molar-refractivity contribution is 5.71. The summed E-state index contributed by atoms with van der Waals surface area (Å²) in [4.78, 5) is 21.5. The van der Waals surface area contributed by atoms with Crippen LogP contribution in [0.4, 0.5) is 4.79 Å². The maximum absolute atomic E-state index is 10.3. The standard InChI is InChI=1S/C7H11NO3/c1-3-4-6(5-9)8(2)7(10)11/h3,5-6H,1,4H2,2H3,(H,10,11). The summed E-state index contributed by atoms with van der Waals surface area (Å²) in [6.45, 7) is 3.41. The highest BCUT2D eigenvalue weighted by Gasteiger charge is 2.15. The largest absolute Gasteiger partial charge is 0.465 e. The molecule has 4 heteroatoms. The predicted octanol–water partition coefficient (Wildman–Crippen LogP) is 0.740. The molecule has 0 aromatic carbocycles. The van der Waals surface area contributed by atoms with E-state index in [2.05, 4.69) is 6.58 Å². The lowest BCUT2D eigenvalue weighted by molar-refractivity contribution is -0.111. The maximum atomic E-state index is 10.3. The minimum absolute atomic E-state index is 0.353. The summed E-state index contributed by atoms with van der Waals surface area (Å²) >= 11 is 0. The van der Waals surface area contributed by atoms with Gasteiger partial charge in [-0.05, 0) is 6.42 Å². The first kappa shape index (κ1) is 9.68. The van der Waals surface area contributed by atoms with Gasteiger partial charge in [-0.15, -0.1) is 6.58 Å². The fraction of sp³-hybridized carbons (Fsp3) is 0.429. The molecular weight excluding hydrogens is 146 g/mol. The molecule has 62 valence electrons. The molecule has 0 saturated heterocycles. The van der Waals surface area contributed by atoms with Gasteiger partial charge in [-0.2, -0.15) is 0 Å². The first-order chi connectivity index (χ1) is 5.13. The van der Waals surface area contributed by atoms with Crippen LogP contribution in [0.5, 0.6) is 0 Å². The van der Waals surface area contributed by atoms with Crippen LogP contribution in [0, 0.1) is 0 Å². The van der Waals surface area contributed by atoms with Gasteiger partial charge >= 0.3 is 6.09 Å². The molecule has 1 atom stereocenters. The van der Waals surface area contributed by atoms with E-state index in [1.165, 1.54) is 13.1 Å². The molecule has 0 rings (SSSR count). The van der Waals surface area contributed by atoms with Crippen LogP contribution in [-0.4, -0.2) is 35.5 Å². The second kappa shape index (κ2) is 4.49. The zero-order chi connectivity index (χ0) is 8.85. The van der Waals surface area contributed by atoms with Crippen LogP contribution in [-0.2, 0) is 4.79 Å². The van der Waals surface area contributed by atoms with Crippen LogP contribution >= 0.6 is 0 Å². The van der Waals surface area contributed by atoms with E-state index in [-0.39, 0.29) is 0 Å². The average Bonchev–Trinajstić information content (AvgIpc) is 1.98. The van der Waals surface area contributed by atoms with Gasteiger partial charge in [0.25, 0.3) is 0 Å². The Morgan fingerprint density at radius 3 is 2.64 bits per heavy atom. The van der Waals surface area contributed by atoms with Gasteiger partial charge in [-0.25, -0.2) is 4.79 Å². The number of likely N-dealkylation sites (N-methyl/N-ethyl adjacent to an activating group) is 1. The molecule has 11 heavy (non-hydrogen) atoms. The van der Waals surface area contributed by atoms with Crippen molar-refractivity contribution in [1.29, 1.82) is 0 Å². The third-order valence-electron chi connectivity index (χ3n) is 1.36. The molecule has 0 aromatic rings. The Hall–Kier alpha value is -1.32. The Bertz CT molecular complexity index is 167. The summed E-state index contributed by atoms with van der Waals surface area (Å²) < 4.78 is 0. The molecule has 0 aromatic heterocycles. The summed E-state index contributed by atoms with van der Waals surface area (Å²) in [5.74, 6) is 0. The minimum Gasteiger partial charge on any atom is -0.465 e. The quantitative estimate of drug-likeness (QED) is 0.483. The highest BCUT2D eigenvalue weighted by atomic mass is 16.4. The number of carbonyl (C=O) groups is 2. The Morgan fingerprint density at radius 1 is 1.82 bits per heavy atom. The smallest absolute Gasteiger partial charge is 0.407 e. The van der Waals surface area contributed by atoms with Crippen molar-refractivity contribution in [3.63, 3.8) is 0 Å². The van der Waals surface area contributed by atoms with Gasteiger partial charge in [0.2, 0.25) is 0 Å². The summed E-state index contributed by atoms with van der Waals surface area (Å²) in [5, 5.41) is 8.44. The zero-order valence-corrected chi connectivity index (χ0v) is 6.36. The second-order valence-electron chi connectivity index (χ2n) is 2.12. The van der Waals surface area contributed by atoms with E-state index in [4.69, 9.17) is 5.11 Å². The van der Waals surface area contributed by atoms with Crippen molar-refractivity contribution in [2.75, 3.05) is 7.05 Å². The van der Waals surface area contributed by atoms with Gasteiger partial charge < -0.3 is 14.8 Å². The summed E-state index contributed by atoms with van der Waals surface area (Å²) in [7, 11) is 1.35. The van der Waals surface area contributed by atoms with Crippen molar-refractivity contribution in [2.24, 2.45) is 0 Å². The molecule has 0 spiro atoms. The van der Waals surface area contributed by atoms with E-state index in [0.29, 0.717) is 12.7 Å². The summed E-state index contributed by atoms with van der Waals surface area (Å²) in [6, 6.07) is -0.606. The number of carboxylic acid groups (broad SMARTS) is 1. The molecule has 0 bridgehead atoms. The first-order valence-corrected chi connectivity index (χ1v) is 3.15. The predicted molar refractivity (Wildman–Crippen MR) is 40.5 cm³/mol. The monoisotopic (exact) mass is 157 g/mol. The number of hydrogen-bond acceptors (Lipinski definition) is 2. The molecule has 0 saturated carbocycles. The van der Waals surface area contributed by atoms with Crippen molar-refractivity contribution in [3.8, 4) is 0 Å². The van der Waals surface area contributed by atoms with Crippen molar-refractivity contribution >= 4 is 12.4 Å². The fourth-order valence-electron chi connectivity index (χ4n) is 0.618. The van der Waals surface area contributed by atoms with Gasteiger partial charge in [0.05, 0.1) is 6.04 Å². The number of nitrogens with zero attached hydrogens (tertiary/aromatic N) is 1. The molecule has 1 N–H and O–H groups in total. The van der Waals surface area contributed by atoms with E-state index < -0.39 is 12.1 Å². The van der Waals surface area contributed by atoms with Crippen molar-refractivity contribution in [3.05, 3.63) is 12.7 Å². The summed E-state index contributed by atoms with van der Waals surface area (Å²) in [5.41, 5.74) is 0. The SMILES string of the molecule is C=CCC(C=O)N(C)C(=O)O. The number of hydrogen-bond donors (Lipinski definition) is 1. The third kappa shape index (κ3) is 2.84. The molecule has 0 radical (unpaired) electrons. The van der Waals surface area contributed by atoms with Crippen molar-refractivity contribution < 1.29 is 14.7 Å². The fourth-order valence-corrected chi connectivity index (χ4v) is 0.618. The Kier molecular flexibility index (Phi) is 3.95. The van der Waals surface area contributed by atoms with Crippen LogP contribution in [0.1, 0.15) is 6.42 Å². The lowest BCUT2D eigenvalue weighted by atomic mass is 10.2. The van der Waals surface area contributed by atoms with E-state index in [1.807, 2.05) is 0 Å². The van der Waals surface area contributed by atoms with E-state index >= 15 is 0 Å². The molecule has 1 amide bonds. The maximum Gasteiger partial charge on any atom is 0.407 e. The van der Waals surface area contributed by atoms with E-state index in [1.54, 1.807) is 0 Å². The van der Waals surface area contributed by atoms with E-state index in [0.717, 1.165) is 4.90 Å². The lowest BCUT2D eigenvalue weighted by Crippen LogP contribution is -2.36. The second-order valence-corrected chi connectivity index (χ2v) is 2.12. The molecule has 0 heterocycles. The molecule has 0 aliphatic heterocycles. The number of carbonyl (C=O) groups excluding carboxylic acids is 1. The molecule has 1 unspecified atom stereocenters. The molecule has 0 aliphatic rings.